The molecule has 0 bridgehead atoms. The third kappa shape index (κ3) is 1.88. The Morgan fingerprint density at radius 3 is 2.72 bits per heavy atom. The molecule has 0 radical (unpaired) electrons. The lowest BCUT2D eigenvalue weighted by atomic mass is 10.2. The summed E-state index contributed by atoms with van der Waals surface area (Å²) >= 11 is 12.1. The number of aromatic nitrogens is 2. The monoisotopic (exact) mass is 276 g/mol. The zero-order valence-electron chi connectivity index (χ0n) is 9.67. The molecule has 0 aliphatic carbocycles. The number of halogens is 2. The van der Waals surface area contributed by atoms with Gasteiger partial charge >= 0.3 is 0 Å². The number of fused-ring (bicyclic) bond motifs is 1. The van der Waals surface area contributed by atoms with Crippen LogP contribution in [0.25, 0.3) is 22.4 Å². The predicted molar refractivity (Wildman–Crippen MR) is 76.3 cm³/mol. The fraction of sp³-hybridized carbons (Fsp3) is 0.0714. The second-order valence-electron chi connectivity index (χ2n) is 4.16. The van der Waals surface area contributed by atoms with Gasteiger partial charge in [-0.25, -0.2) is 4.98 Å². The minimum Gasteiger partial charge on any atom is -0.338 e. The van der Waals surface area contributed by atoms with E-state index >= 15 is 0 Å². The van der Waals surface area contributed by atoms with Gasteiger partial charge in [0.2, 0.25) is 0 Å². The zero-order chi connectivity index (χ0) is 12.7. The highest BCUT2D eigenvalue weighted by atomic mass is 35.5. The van der Waals surface area contributed by atoms with Crippen LogP contribution < -0.4 is 0 Å². The van der Waals surface area contributed by atoms with Crippen molar-refractivity contribution in [3.05, 3.63) is 52.0 Å². The molecule has 3 aromatic rings. The van der Waals surface area contributed by atoms with Gasteiger partial charge in [-0.15, -0.1) is 0 Å². The molecule has 0 amide bonds. The summed E-state index contributed by atoms with van der Waals surface area (Å²) in [7, 11) is 0. The number of hydrogen-bond donors (Lipinski definition) is 1. The highest BCUT2D eigenvalue weighted by Crippen LogP contribution is 2.27. The maximum Gasteiger partial charge on any atom is 0.138 e. The Hall–Kier alpha value is -1.51. The summed E-state index contributed by atoms with van der Waals surface area (Å²) in [5.41, 5.74) is 3.83. The van der Waals surface area contributed by atoms with Crippen LogP contribution in [-0.2, 0) is 0 Å². The van der Waals surface area contributed by atoms with Gasteiger partial charge in [0.05, 0.1) is 11.0 Å². The Balaban J connectivity index is 2.23. The number of nitrogens with zero attached hydrogens (tertiary/aromatic N) is 1. The highest BCUT2D eigenvalue weighted by Gasteiger charge is 2.09. The van der Waals surface area contributed by atoms with E-state index in [4.69, 9.17) is 23.2 Å². The summed E-state index contributed by atoms with van der Waals surface area (Å²) < 4.78 is 0. The van der Waals surface area contributed by atoms with Gasteiger partial charge in [-0.3, -0.25) is 0 Å². The summed E-state index contributed by atoms with van der Waals surface area (Å²) in [5, 5.41) is 1.43. The number of aromatic amines is 1. The molecule has 1 N–H and O–H groups in total. The van der Waals surface area contributed by atoms with Crippen molar-refractivity contribution in [1.82, 2.24) is 9.97 Å². The second kappa shape index (κ2) is 4.30. The normalized spacial score (nSPS) is 11.1. The van der Waals surface area contributed by atoms with Gasteiger partial charge in [-0.05, 0) is 36.8 Å². The van der Waals surface area contributed by atoms with Crippen LogP contribution in [0.1, 0.15) is 5.56 Å². The molecule has 0 atom stereocenters. The Morgan fingerprint density at radius 2 is 1.94 bits per heavy atom. The van der Waals surface area contributed by atoms with Crippen molar-refractivity contribution in [3.8, 4) is 11.4 Å². The third-order valence-corrected chi connectivity index (χ3v) is 3.58. The number of H-pyrrole nitrogens is 1. The maximum atomic E-state index is 6.09. The number of hydrogen-bond acceptors (Lipinski definition) is 1. The van der Waals surface area contributed by atoms with E-state index in [9.17, 15) is 0 Å². The maximum absolute atomic E-state index is 6.09. The topological polar surface area (TPSA) is 28.7 Å². The molecular formula is C14H10Cl2N2. The molecule has 2 aromatic carbocycles. The first-order valence-corrected chi connectivity index (χ1v) is 6.31. The van der Waals surface area contributed by atoms with E-state index in [-0.39, 0.29) is 0 Å². The van der Waals surface area contributed by atoms with Crippen molar-refractivity contribution in [2.45, 2.75) is 6.92 Å². The van der Waals surface area contributed by atoms with E-state index < -0.39 is 0 Å². The Labute approximate surface area is 115 Å². The summed E-state index contributed by atoms with van der Waals surface area (Å²) in [6.07, 6.45) is 0. The lowest BCUT2D eigenvalue weighted by Crippen LogP contribution is -1.80. The molecular weight excluding hydrogens is 267 g/mol. The van der Waals surface area contributed by atoms with Gasteiger partial charge in [0.1, 0.15) is 5.82 Å². The van der Waals surface area contributed by atoms with Crippen molar-refractivity contribution >= 4 is 34.2 Å². The van der Waals surface area contributed by atoms with Crippen LogP contribution in [0, 0.1) is 6.92 Å². The predicted octanol–water partition coefficient (Wildman–Crippen LogP) is 4.85. The van der Waals surface area contributed by atoms with E-state index in [2.05, 4.69) is 9.97 Å². The fourth-order valence-electron chi connectivity index (χ4n) is 1.96. The largest absolute Gasteiger partial charge is 0.338 e. The first-order valence-electron chi connectivity index (χ1n) is 5.56. The number of rotatable bonds is 1. The highest BCUT2D eigenvalue weighted by molar-refractivity contribution is 6.32. The van der Waals surface area contributed by atoms with E-state index in [1.807, 2.05) is 43.3 Å². The molecule has 3 rings (SSSR count). The second-order valence-corrected chi connectivity index (χ2v) is 5.01. The fourth-order valence-corrected chi connectivity index (χ4v) is 2.30. The average molecular weight is 277 g/mol. The minimum atomic E-state index is 0.697. The van der Waals surface area contributed by atoms with Crippen LogP contribution in [-0.4, -0.2) is 9.97 Å². The molecule has 0 saturated carbocycles. The molecule has 4 heteroatoms. The minimum absolute atomic E-state index is 0.697. The molecule has 0 aliphatic heterocycles. The van der Waals surface area contributed by atoms with E-state index in [1.165, 1.54) is 0 Å². The third-order valence-electron chi connectivity index (χ3n) is 2.94. The van der Waals surface area contributed by atoms with Gasteiger partial charge in [0.25, 0.3) is 0 Å². The van der Waals surface area contributed by atoms with E-state index in [0.717, 1.165) is 33.0 Å². The molecule has 0 unspecified atom stereocenters. The average Bonchev–Trinajstić information content (AvgIpc) is 2.79. The van der Waals surface area contributed by atoms with Gasteiger partial charge in [0.15, 0.2) is 0 Å². The SMILES string of the molecule is Cc1c(Cl)ccc2[nH]c(-c3cccc(Cl)c3)nc12. The summed E-state index contributed by atoms with van der Waals surface area (Å²) in [4.78, 5) is 7.86. The molecule has 0 aliphatic rings. The Bertz CT molecular complexity index is 732. The standard InChI is InChI=1S/C14H10Cl2N2/c1-8-11(16)5-6-12-13(8)18-14(17-12)9-3-2-4-10(15)7-9/h2-7H,1H3,(H,17,18). The molecule has 1 aromatic heterocycles. The van der Waals surface area contributed by atoms with Crippen LogP contribution in [0.4, 0.5) is 0 Å². The molecule has 90 valence electrons. The number of benzene rings is 2. The smallest absolute Gasteiger partial charge is 0.138 e. The number of nitrogens with one attached hydrogen (secondary N) is 1. The molecule has 0 fully saturated rings. The molecule has 18 heavy (non-hydrogen) atoms. The first-order chi connectivity index (χ1) is 8.65. The van der Waals surface area contributed by atoms with Crippen LogP contribution in [0.5, 0.6) is 0 Å². The Morgan fingerprint density at radius 1 is 1.11 bits per heavy atom. The lowest BCUT2D eigenvalue weighted by Gasteiger charge is -1.96. The zero-order valence-corrected chi connectivity index (χ0v) is 11.2. The van der Waals surface area contributed by atoms with Gasteiger partial charge < -0.3 is 4.98 Å². The summed E-state index contributed by atoms with van der Waals surface area (Å²) in [5.74, 6) is 0.804. The summed E-state index contributed by atoms with van der Waals surface area (Å²) in [6.45, 7) is 1.97. The summed E-state index contributed by atoms with van der Waals surface area (Å²) in [6, 6.07) is 11.4. The number of imidazole rings is 1. The Kier molecular flexibility index (Phi) is 2.77. The number of aryl methyl sites for hydroxylation is 1. The van der Waals surface area contributed by atoms with Crippen LogP contribution in [0.3, 0.4) is 0 Å². The quantitative estimate of drug-likeness (QED) is 0.677. The van der Waals surface area contributed by atoms with Crippen molar-refractivity contribution in [2.24, 2.45) is 0 Å². The van der Waals surface area contributed by atoms with Crippen molar-refractivity contribution < 1.29 is 0 Å². The van der Waals surface area contributed by atoms with E-state index in [1.54, 1.807) is 0 Å². The van der Waals surface area contributed by atoms with Crippen molar-refractivity contribution in [1.29, 1.82) is 0 Å². The van der Waals surface area contributed by atoms with Gasteiger partial charge in [-0.2, -0.15) is 0 Å². The van der Waals surface area contributed by atoms with Crippen LogP contribution >= 0.6 is 23.2 Å². The molecule has 2 nitrogen and oxygen atoms in total. The molecule has 0 spiro atoms. The van der Waals surface area contributed by atoms with Gasteiger partial charge in [0, 0.05) is 15.6 Å². The van der Waals surface area contributed by atoms with E-state index in [0.29, 0.717) is 5.02 Å². The molecule has 0 saturated heterocycles. The van der Waals surface area contributed by atoms with Crippen molar-refractivity contribution in [2.75, 3.05) is 0 Å². The van der Waals surface area contributed by atoms with Crippen LogP contribution in [0.2, 0.25) is 10.0 Å². The van der Waals surface area contributed by atoms with Crippen molar-refractivity contribution in [3.63, 3.8) is 0 Å². The lowest BCUT2D eigenvalue weighted by molar-refractivity contribution is 1.33. The van der Waals surface area contributed by atoms with Crippen LogP contribution in [0.15, 0.2) is 36.4 Å². The van der Waals surface area contributed by atoms with Gasteiger partial charge in [-0.1, -0.05) is 35.3 Å². The molecule has 1 heterocycles. The first kappa shape index (κ1) is 11.6.